The van der Waals surface area contributed by atoms with E-state index < -0.39 is 6.10 Å². The largest absolute Gasteiger partial charge is 0.497 e. The van der Waals surface area contributed by atoms with E-state index in [4.69, 9.17) is 9.47 Å². The van der Waals surface area contributed by atoms with Gasteiger partial charge < -0.3 is 14.8 Å². The fraction of sp³-hybridized carbons (Fsp3) is 0.435. The minimum Gasteiger partial charge on any atom is -0.497 e. The Morgan fingerprint density at radius 2 is 1.70 bits per heavy atom. The zero-order valence-corrected chi connectivity index (χ0v) is 16.5. The molecule has 0 spiro atoms. The number of nitrogens with one attached hydrogen (secondary N) is 1. The summed E-state index contributed by atoms with van der Waals surface area (Å²) in [5.41, 5.74) is 3.81. The lowest BCUT2D eigenvalue weighted by Crippen LogP contribution is -2.39. The Labute approximate surface area is 161 Å². The van der Waals surface area contributed by atoms with Crippen molar-refractivity contribution in [2.24, 2.45) is 0 Å². The van der Waals surface area contributed by atoms with E-state index in [2.05, 4.69) is 17.4 Å². The van der Waals surface area contributed by atoms with Crippen LogP contribution < -0.4 is 14.8 Å². The SMILES string of the molecule is CC[C@@H](Oc1ccc2c(c1)CCCC2)C(=O)N[C@H](C)c1ccc(OC)cc1. The second kappa shape index (κ2) is 8.94. The number of methoxy groups -OCH3 is 1. The summed E-state index contributed by atoms with van der Waals surface area (Å²) in [5, 5.41) is 3.06. The maximum atomic E-state index is 12.7. The number of carbonyl (C=O) groups excluding carboxylic acids is 1. The molecule has 2 atom stereocenters. The molecule has 0 aromatic heterocycles. The monoisotopic (exact) mass is 367 g/mol. The smallest absolute Gasteiger partial charge is 0.261 e. The Bertz CT molecular complexity index is 770. The molecule has 0 radical (unpaired) electrons. The highest BCUT2D eigenvalue weighted by Gasteiger charge is 2.21. The van der Waals surface area contributed by atoms with Crippen LogP contribution in [0.2, 0.25) is 0 Å². The second-order valence-corrected chi connectivity index (χ2v) is 7.16. The molecule has 1 aliphatic carbocycles. The van der Waals surface area contributed by atoms with Crippen LogP contribution >= 0.6 is 0 Å². The number of amides is 1. The second-order valence-electron chi connectivity index (χ2n) is 7.16. The molecule has 0 saturated heterocycles. The van der Waals surface area contributed by atoms with Crippen molar-refractivity contribution in [3.63, 3.8) is 0 Å². The first-order chi connectivity index (χ1) is 13.1. The highest BCUT2D eigenvalue weighted by atomic mass is 16.5. The minimum atomic E-state index is -0.493. The van der Waals surface area contributed by atoms with Gasteiger partial charge in [-0.05, 0) is 80.0 Å². The average molecular weight is 367 g/mol. The predicted molar refractivity (Wildman–Crippen MR) is 107 cm³/mol. The van der Waals surface area contributed by atoms with Crippen LogP contribution in [0.25, 0.3) is 0 Å². The molecule has 4 nitrogen and oxygen atoms in total. The standard InChI is InChI=1S/C23H29NO3/c1-4-22(27-21-14-11-18-7-5-6-8-19(18)15-21)23(25)24-16(2)17-9-12-20(26-3)13-10-17/h9-16,22H,4-8H2,1-3H3,(H,24,25)/t16-,22-/m1/s1. The highest BCUT2D eigenvalue weighted by molar-refractivity contribution is 5.81. The first kappa shape index (κ1) is 19.3. The van der Waals surface area contributed by atoms with E-state index in [1.54, 1.807) is 7.11 Å². The van der Waals surface area contributed by atoms with Gasteiger partial charge >= 0.3 is 0 Å². The zero-order chi connectivity index (χ0) is 19.2. The van der Waals surface area contributed by atoms with Gasteiger partial charge in [-0.25, -0.2) is 0 Å². The molecule has 0 bridgehead atoms. The van der Waals surface area contributed by atoms with Crippen molar-refractivity contribution in [1.29, 1.82) is 0 Å². The lowest BCUT2D eigenvalue weighted by molar-refractivity contribution is -0.128. The van der Waals surface area contributed by atoms with Gasteiger partial charge in [-0.3, -0.25) is 4.79 Å². The highest BCUT2D eigenvalue weighted by Crippen LogP contribution is 2.26. The molecular formula is C23H29NO3. The lowest BCUT2D eigenvalue weighted by Gasteiger charge is -2.22. The quantitative estimate of drug-likeness (QED) is 0.777. The molecule has 1 aliphatic rings. The van der Waals surface area contributed by atoms with Crippen molar-refractivity contribution in [1.82, 2.24) is 5.32 Å². The number of ether oxygens (including phenoxy) is 2. The van der Waals surface area contributed by atoms with Crippen LogP contribution in [0, 0.1) is 0 Å². The van der Waals surface area contributed by atoms with Crippen molar-refractivity contribution < 1.29 is 14.3 Å². The number of carbonyl (C=O) groups is 1. The van der Waals surface area contributed by atoms with Gasteiger partial charge in [0.2, 0.25) is 0 Å². The Morgan fingerprint density at radius 1 is 1.04 bits per heavy atom. The van der Waals surface area contributed by atoms with Gasteiger partial charge in [0.25, 0.3) is 5.91 Å². The number of rotatable bonds is 7. The Balaban J connectivity index is 1.63. The van der Waals surface area contributed by atoms with Gasteiger partial charge in [-0.2, -0.15) is 0 Å². The third-order valence-electron chi connectivity index (χ3n) is 5.24. The number of fused-ring (bicyclic) bond motifs is 1. The molecule has 0 unspecified atom stereocenters. The third-order valence-corrected chi connectivity index (χ3v) is 5.24. The van der Waals surface area contributed by atoms with Crippen LogP contribution in [0.5, 0.6) is 11.5 Å². The van der Waals surface area contributed by atoms with Crippen molar-refractivity contribution in [2.75, 3.05) is 7.11 Å². The normalized spacial score (nSPS) is 15.4. The molecule has 0 saturated carbocycles. The summed E-state index contributed by atoms with van der Waals surface area (Å²) in [4.78, 5) is 12.7. The number of hydrogen-bond donors (Lipinski definition) is 1. The molecule has 0 fully saturated rings. The van der Waals surface area contributed by atoms with Crippen LogP contribution in [0.3, 0.4) is 0 Å². The summed E-state index contributed by atoms with van der Waals surface area (Å²) in [5.74, 6) is 1.51. The van der Waals surface area contributed by atoms with Gasteiger partial charge in [0.05, 0.1) is 13.2 Å². The molecule has 2 aromatic rings. The fourth-order valence-electron chi connectivity index (χ4n) is 3.55. The maximum Gasteiger partial charge on any atom is 0.261 e. The molecule has 1 N–H and O–H groups in total. The Kier molecular flexibility index (Phi) is 6.38. The van der Waals surface area contributed by atoms with Gasteiger partial charge in [0, 0.05) is 0 Å². The van der Waals surface area contributed by atoms with Crippen molar-refractivity contribution in [2.45, 2.75) is 58.1 Å². The number of benzene rings is 2. The molecule has 0 aliphatic heterocycles. The molecule has 0 heterocycles. The molecule has 27 heavy (non-hydrogen) atoms. The summed E-state index contributed by atoms with van der Waals surface area (Å²) < 4.78 is 11.2. The predicted octanol–water partition coefficient (Wildman–Crippen LogP) is 4.61. The molecule has 2 aromatic carbocycles. The summed E-state index contributed by atoms with van der Waals surface area (Å²) >= 11 is 0. The molecular weight excluding hydrogens is 338 g/mol. The fourth-order valence-corrected chi connectivity index (χ4v) is 3.55. The first-order valence-electron chi connectivity index (χ1n) is 9.83. The van der Waals surface area contributed by atoms with Gasteiger partial charge in [-0.15, -0.1) is 0 Å². The van der Waals surface area contributed by atoms with E-state index >= 15 is 0 Å². The topological polar surface area (TPSA) is 47.6 Å². The van der Waals surface area contributed by atoms with E-state index in [9.17, 15) is 4.79 Å². The molecule has 4 heteroatoms. The van der Waals surface area contributed by atoms with Crippen LogP contribution in [0.1, 0.15) is 55.8 Å². The molecule has 144 valence electrons. The van der Waals surface area contributed by atoms with Crippen molar-refractivity contribution in [3.05, 3.63) is 59.2 Å². The van der Waals surface area contributed by atoms with Crippen LogP contribution in [-0.2, 0) is 17.6 Å². The van der Waals surface area contributed by atoms with E-state index in [0.717, 1.165) is 29.9 Å². The summed E-state index contributed by atoms with van der Waals surface area (Å²) in [6.45, 7) is 3.95. The van der Waals surface area contributed by atoms with E-state index in [1.807, 2.05) is 44.2 Å². The number of hydrogen-bond acceptors (Lipinski definition) is 3. The minimum absolute atomic E-state index is 0.0847. The zero-order valence-electron chi connectivity index (χ0n) is 16.5. The van der Waals surface area contributed by atoms with Crippen molar-refractivity contribution >= 4 is 5.91 Å². The van der Waals surface area contributed by atoms with E-state index in [-0.39, 0.29) is 11.9 Å². The van der Waals surface area contributed by atoms with Gasteiger partial charge in [-0.1, -0.05) is 25.1 Å². The van der Waals surface area contributed by atoms with E-state index in [1.165, 1.54) is 24.0 Å². The Hall–Kier alpha value is -2.49. The maximum absolute atomic E-state index is 12.7. The third kappa shape index (κ3) is 4.82. The van der Waals surface area contributed by atoms with Crippen LogP contribution in [-0.4, -0.2) is 19.1 Å². The van der Waals surface area contributed by atoms with Crippen LogP contribution in [0.4, 0.5) is 0 Å². The Morgan fingerprint density at radius 3 is 2.37 bits per heavy atom. The summed E-state index contributed by atoms with van der Waals surface area (Å²) in [7, 11) is 1.64. The molecule has 1 amide bonds. The number of aryl methyl sites for hydroxylation is 2. The van der Waals surface area contributed by atoms with E-state index in [0.29, 0.717) is 6.42 Å². The van der Waals surface area contributed by atoms with Crippen LogP contribution in [0.15, 0.2) is 42.5 Å². The average Bonchev–Trinajstić information content (AvgIpc) is 2.71. The van der Waals surface area contributed by atoms with Crippen molar-refractivity contribution in [3.8, 4) is 11.5 Å². The molecule has 3 rings (SSSR count). The van der Waals surface area contributed by atoms with Gasteiger partial charge in [0.1, 0.15) is 11.5 Å². The lowest BCUT2D eigenvalue weighted by atomic mass is 9.92. The summed E-state index contributed by atoms with van der Waals surface area (Å²) in [6, 6.07) is 13.9. The van der Waals surface area contributed by atoms with Gasteiger partial charge in [0.15, 0.2) is 6.10 Å². The first-order valence-corrected chi connectivity index (χ1v) is 9.83. The summed E-state index contributed by atoms with van der Waals surface area (Å²) in [6.07, 6.45) is 4.87.